The number of rotatable bonds is 1. The Balaban J connectivity index is 2.10. The molecule has 1 aliphatic heterocycles. The molecule has 1 aliphatic carbocycles. The predicted octanol–water partition coefficient (Wildman–Crippen LogP) is 2.85. The molecule has 2 aliphatic rings. The zero-order valence-corrected chi connectivity index (χ0v) is 12.0. The van der Waals surface area contributed by atoms with Gasteiger partial charge >= 0.3 is 0 Å². The van der Waals surface area contributed by atoms with Gasteiger partial charge in [0, 0.05) is 19.2 Å². The van der Waals surface area contributed by atoms with E-state index < -0.39 is 0 Å². The SMILES string of the molecule is C[C@H]1C(=O)N(C)c2cnc(Cl)cc2N1C1CCCC1. The zero-order chi connectivity index (χ0) is 13.6. The van der Waals surface area contributed by atoms with Gasteiger partial charge in [0.25, 0.3) is 0 Å². The molecule has 0 bridgehead atoms. The fourth-order valence-electron chi connectivity index (χ4n) is 3.30. The molecule has 0 unspecified atom stereocenters. The van der Waals surface area contributed by atoms with Crippen LogP contribution >= 0.6 is 11.6 Å². The Morgan fingerprint density at radius 2 is 2.00 bits per heavy atom. The molecular weight excluding hydrogens is 262 g/mol. The number of carbonyl (C=O) groups is 1. The van der Waals surface area contributed by atoms with Gasteiger partial charge in [-0.15, -0.1) is 0 Å². The molecule has 0 saturated heterocycles. The summed E-state index contributed by atoms with van der Waals surface area (Å²) in [6.45, 7) is 1.98. The largest absolute Gasteiger partial charge is 0.355 e. The second-order valence-electron chi connectivity index (χ2n) is 5.41. The van der Waals surface area contributed by atoms with Crippen LogP contribution < -0.4 is 9.80 Å². The standard InChI is InChI=1S/C14H18ClN3O/c1-9-14(19)17(2)12-8-16-13(15)7-11(12)18(9)10-5-3-4-6-10/h7-10H,3-6H2,1-2H3/t9-/m0/s1. The number of nitrogens with zero attached hydrogens (tertiary/aromatic N) is 3. The van der Waals surface area contributed by atoms with Crippen LogP contribution in [0.4, 0.5) is 11.4 Å². The van der Waals surface area contributed by atoms with E-state index in [2.05, 4.69) is 9.88 Å². The lowest BCUT2D eigenvalue weighted by atomic mass is 10.0. The summed E-state index contributed by atoms with van der Waals surface area (Å²) < 4.78 is 0. The lowest BCUT2D eigenvalue weighted by molar-refractivity contribution is -0.119. The van der Waals surface area contributed by atoms with Crippen LogP contribution in [0.5, 0.6) is 0 Å². The number of carbonyl (C=O) groups excluding carboxylic acids is 1. The molecule has 0 N–H and O–H groups in total. The highest BCUT2D eigenvalue weighted by atomic mass is 35.5. The second-order valence-corrected chi connectivity index (χ2v) is 5.80. The van der Waals surface area contributed by atoms with Gasteiger partial charge < -0.3 is 9.80 Å². The van der Waals surface area contributed by atoms with Gasteiger partial charge in [-0.2, -0.15) is 0 Å². The van der Waals surface area contributed by atoms with Crippen molar-refractivity contribution in [3.63, 3.8) is 0 Å². The third-order valence-electron chi connectivity index (χ3n) is 4.29. The number of fused-ring (bicyclic) bond motifs is 1. The fourth-order valence-corrected chi connectivity index (χ4v) is 3.45. The summed E-state index contributed by atoms with van der Waals surface area (Å²) >= 11 is 6.04. The number of hydrogen-bond donors (Lipinski definition) is 0. The first-order chi connectivity index (χ1) is 9.09. The highest BCUT2D eigenvalue weighted by molar-refractivity contribution is 6.30. The topological polar surface area (TPSA) is 36.4 Å². The van der Waals surface area contributed by atoms with Crippen LogP contribution in [-0.4, -0.2) is 30.0 Å². The Kier molecular flexibility index (Phi) is 3.13. The second kappa shape index (κ2) is 4.67. The van der Waals surface area contributed by atoms with Crippen LogP contribution in [0.25, 0.3) is 0 Å². The smallest absolute Gasteiger partial charge is 0.249 e. The Morgan fingerprint density at radius 1 is 1.32 bits per heavy atom. The summed E-state index contributed by atoms with van der Waals surface area (Å²) in [4.78, 5) is 20.4. The van der Waals surface area contributed by atoms with E-state index >= 15 is 0 Å². The van der Waals surface area contributed by atoms with Crippen LogP contribution in [0, 0.1) is 0 Å². The first-order valence-corrected chi connectivity index (χ1v) is 7.19. The quantitative estimate of drug-likeness (QED) is 0.742. The Hall–Kier alpha value is -1.29. The molecule has 19 heavy (non-hydrogen) atoms. The molecule has 1 amide bonds. The van der Waals surface area contributed by atoms with Crippen molar-refractivity contribution in [2.75, 3.05) is 16.8 Å². The molecule has 3 rings (SSSR count). The minimum absolute atomic E-state index is 0.126. The summed E-state index contributed by atoms with van der Waals surface area (Å²) in [5, 5.41) is 0.483. The van der Waals surface area contributed by atoms with Gasteiger partial charge in [0.05, 0.1) is 17.6 Å². The van der Waals surface area contributed by atoms with Gasteiger partial charge in [-0.1, -0.05) is 24.4 Å². The Labute approximate surface area is 118 Å². The molecule has 1 aromatic heterocycles. The van der Waals surface area contributed by atoms with Crippen molar-refractivity contribution in [2.24, 2.45) is 0 Å². The van der Waals surface area contributed by atoms with Crippen LogP contribution in [0.2, 0.25) is 5.15 Å². The summed E-state index contributed by atoms with van der Waals surface area (Å²) in [6, 6.07) is 2.21. The average molecular weight is 280 g/mol. The predicted molar refractivity (Wildman–Crippen MR) is 76.9 cm³/mol. The molecule has 2 heterocycles. The van der Waals surface area contributed by atoms with Crippen molar-refractivity contribution >= 4 is 28.9 Å². The number of amides is 1. The van der Waals surface area contributed by atoms with Crippen LogP contribution in [-0.2, 0) is 4.79 Å². The molecule has 5 heteroatoms. The molecule has 4 nitrogen and oxygen atoms in total. The molecule has 1 saturated carbocycles. The normalized spacial score (nSPS) is 23.9. The van der Waals surface area contributed by atoms with E-state index in [0.29, 0.717) is 11.2 Å². The van der Waals surface area contributed by atoms with Gasteiger partial charge in [-0.05, 0) is 19.8 Å². The number of likely N-dealkylation sites (N-methyl/N-ethyl adjacent to an activating group) is 1. The molecular formula is C14H18ClN3O. The van der Waals surface area contributed by atoms with E-state index in [9.17, 15) is 4.79 Å². The monoisotopic (exact) mass is 279 g/mol. The zero-order valence-electron chi connectivity index (χ0n) is 11.3. The average Bonchev–Trinajstić information content (AvgIpc) is 2.90. The first kappa shape index (κ1) is 12.7. The van der Waals surface area contributed by atoms with Gasteiger partial charge in [-0.3, -0.25) is 4.79 Å². The minimum Gasteiger partial charge on any atom is -0.355 e. The number of pyridine rings is 1. The molecule has 0 aromatic carbocycles. The van der Waals surface area contributed by atoms with Crippen molar-refractivity contribution in [3.05, 3.63) is 17.4 Å². The highest BCUT2D eigenvalue weighted by Crippen LogP contribution is 2.40. The first-order valence-electron chi connectivity index (χ1n) is 6.81. The number of aromatic nitrogens is 1. The van der Waals surface area contributed by atoms with Crippen molar-refractivity contribution in [1.29, 1.82) is 0 Å². The minimum atomic E-state index is -0.126. The lowest BCUT2D eigenvalue weighted by Crippen LogP contribution is -2.54. The van der Waals surface area contributed by atoms with Crippen molar-refractivity contribution in [3.8, 4) is 0 Å². The van der Waals surface area contributed by atoms with E-state index in [0.717, 1.165) is 24.2 Å². The van der Waals surface area contributed by atoms with Crippen LogP contribution in [0.15, 0.2) is 12.3 Å². The van der Waals surface area contributed by atoms with E-state index in [-0.39, 0.29) is 11.9 Å². The molecule has 0 spiro atoms. The third-order valence-corrected chi connectivity index (χ3v) is 4.50. The summed E-state index contributed by atoms with van der Waals surface area (Å²) in [5.41, 5.74) is 1.90. The van der Waals surface area contributed by atoms with Crippen molar-refractivity contribution in [2.45, 2.75) is 44.7 Å². The maximum atomic E-state index is 12.4. The van der Waals surface area contributed by atoms with Crippen LogP contribution in [0.3, 0.4) is 0 Å². The number of hydrogen-bond acceptors (Lipinski definition) is 3. The van der Waals surface area contributed by atoms with E-state index in [1.54, 1.807) is 18.1 Å². The Morgan fingerprint density at radius 3 is 2.68 bits per heavy atom. The molecule has 1 atom stereocenters. The van der Waals surface area contributed by atoms with E-state index in [1.165, 1.54) is 12.8 Å². The summed E-state index contributed by atoms with van der Waals surface area (Å²) in [6.07, 6.45) is 6.49. The molecule has 0 radical (unpaired) electrons. The maximum Gasteiger partial charge on any atom is 0.249 e. The number of halogens is 1. The number of anilines is 2. The van der Waals surface area contributed by atoms with Gasteiger partial charge in [0.15, 0.2) is 0 Å². The lowest BCUT2D eigenvalue weighted by Gasteiger charge is -2.43. The molecule has 1 fully saturated rings. The highest BCUT2D eigenvalue weighted by Gasteiger charge is 2.38. The third kappa shape index (κ3) is 1.98. The van der Waals surface area contributed by atoms with Crippen molar-refractivity contribution < 1.29 is 4.79 Å². The molecule has 102 valence electrons. The van der Waals surface area contributed by atoms with Crippen molar-refractivity contribution in [1.82, 2.24) is 4.98 Å². The van der Waals surface area contributed by atoms with Gasteiger partial charge in [-0.25, -0.2) is 4.98 Å². The molecule has 1 aromatic rings. The Bertz CT molecular complexity index is 513. The summed E-state index contributed by atoms with van der Waals surface area (Å²) in [5.74, 6) is 0.128. The van der Waals surface area contributed by atoms with E-state index in [1.807, 2.05) is 13.0 Å². The van der Waals surface area contributed by atoms with Gasteiger partial charge in [0.1, 0.15) is 11.2 Å². The maximum absolute atomic E-state index is 12.4. The van der Waals surface area contributed by atoms with E-state index in [4.69, 9.17) is 11.6 Å². The fraction of sp³-hybridized carbons (Fsp3) is 0.571. The van der Waals surface area contributed by atoms with Gasteiger partial charge in [0.2, 0.25) is 5.91 Å². The summed E-state index contributed by atoms with van der Waals surface area (Å²) in [7, 11) is 1.80. The van der Waals surface area contributed by atoms with Crippen LogP contribution in [0.1, 0.15) is 32.6 Å².